The lowest BCUT2D eigenvalue weighted by Crippen LogP contribution is -2.22. The van der Waals surface area contributed by atoms with Crippen molar-refractivity contribution in [3.8, 4) is 0 Å². The molecule has 1 atom stereocenters. The number of hydrogen-bond acceptors (Lipinski definition) is 1. The van der Waals surface area contributed by atoms with Crippen LogP contribution in [0.5, 0.6) is 0 Å². The molecule has 0 saturated carbocycles. The molecule has 1 nitrogen and oxygen atoms in total. The molecule has 1 rings (SSSR count). The first kappa shape index (κ1) is 13.3. The third-order valence-electron chi connectivity index (χ3n) is 2.20. The van der Waals surface area contributed by atoms with Crippen LogP contribution in [0, 0.1) is 11.6 Å². The largest absolute Gasteiger partial charge is 0.307 e. The molecule has 0 heterocycles. The second-order valence-electron chi connectivity index (χ2n) is 3.45. The fraction of sp³-hybridized carbons (Fsp3) is 0.333. The standard InChI is InChI=1S/C12H14BrF2N/c1-3-5-16-11(4-2)12-9(14)6-8(13)7-10(12)15/h4,6-7,11,16H,2-3,5H2,1H3. The van der Waals surface area contributed by atoms with Crippen molar-refractivity contribution >= 4 is 15.9 Å². The average Bonchev–Trinajstić information content (AvgIpc) is 2.21. The Hall–Kier alpha value is -0.740. The lowest BCUT2D eigenvalue weighted by atomic mass is 10.1. The molecule has 0 saturated heterocycles. The molecule has 1 aromatic carbocycles. The van der Waals surface area contributed by atoms with Gasteiger partial charge in [0.25, 0.3) is 0 Å². The smallest absolute Gasteiger partial charge is 0.132 e. The molecule has 0 bridgehead atoms. The Morgan fingerprint density at radius 3 is 2.44 bits per heavy atom. The van der Waals surface area contributed by atoms with Crippen molar-refractivity contribution in [2.24, 2.45) is 0 Å². The van der Waals surface area contributed by atoms with Crippen LogP contribution < -0.4 is 5.32 Å². The maximum Gasteiger partial charge on any atom is 0.132 e. The van der Waals surface area contributed by atoms with E-state index in [9.17, 15) is 8.78 Å². The van der Waals surface area contributed by atoms with Crippen molar-refractivity contribution in [1.29, 1.82) is 0 Å². The summed E-state index contributed by atoms with van der Waals surface area (Å²) < 4.78 is 27.6. The fourth-order valence-electron chi connectivity index (χ4n) is 1.45. The van der Waals surface area contributed by atoms with E-state index >= 15 is 0 Å². The second-order valence-corrected chi connectivity index (χ2v) is 4.37. The van der Waals surface area contributed by atoms with E-state index in [1.54, 1.807) is 0 Å². The number of halogens is 3. The first-order valence-electron chi connectivity index (χ1n) is 5.10. The zero-order valence-electron chi connectivity index (χ0n) is 9.06. The summed E-state index contributed by atoms with van der Waals surface area (Å²) in [5.74, 6) is -1.14. The lowest BCUT2D eigenvalue weighted by molar-refractivity contribution is 0.509. The van der Waals surface area contributed by atoms with Gasteiger partial charge in [-0.25, -0.2) is 8.78 Å². The van der Waals surface area contributed by atoms with Gasteiger partial charge in [0.1, 0.15) is 11.6 Å². The molecule has 0 spiro atoms. The number of nitrogens with one attached hydrogen (secondary N) is 1. The molecule has 0 amide bonds. The molecule has 0 radical (unpaired) electrons. The lowest BCUT2D eigenvalue weighted by Gasteiger charge is -2.16. The third-order valence-corrected chi connectivity index (χ3v) is 2.66. The van der Waals surface area contributed by atoms with Crippen LogP contribution in [0.1, 0.15) is 24.9 Å². The van der Waals surface area contributed by atoms with Crippen LogP contribution in [0.3, 0.4) is 0 Å². The SMILES string of the molecule is C=CC(NCCC)c1c(F)cc(Br)cc1F. The van der Waals surface area contributed by atoms with Crippen molar-refractivity contribution in [3.63, 3.8) is 0 Å². The monoisotopic (exact) mass is 289 g/mol. The number of benzene rings is 1. The van der Waals surface area contributed by atoms with Crippen molar-refractivity contribution < 1.29 is 8.78 Å². The topological polar surface area (TPSA) is 12.0 Å². The van der Waals surface area contributed by atoms with Crippen molar-refractivity contribution in [2.45, 2.75) is 19.4 Å². The fourth-order valence-corrected chi connectivity index (χ4v) is 1.86. The van der Waals surface area contributed by atoms with E-state index in [4.69, 9.17) is 0 Å². The van der Waals surface area contributed by atoms with Gasteiger partial charge in [0.15, 0.2) is 0 Å². The molecule has 0 aromatic heterocycles. The molecule has 1 unspecified atom stereocenters. The summed E-state index contributed by atoms with van der Waals surface area (Å²) in [6, 6.07) is 2.01. The van der Waals surface area contributed by atoms with Crippen LogP contribution in [-0.2, 0) is 0 Å². The zero-order valence-corrected chi connectivity index (χ0v) is 10.7. The molecule has 16 heavy (non-hydrogen) atoms. The molecule has 1 aromatic rings. The first-order chi connectivity index (χ1) is 7.60. The van der Waals surface area contributed by atoms with E-state index in [0.29, 0.717) is 11.0 Å². The number of hydrogen-bond donors (Lipinski definition) is 1. The van der Waals surface area contributed by atoms with Gasteiger partial charge >= 0.3 is 0 Å². The minimum Gasteiger partial charge on any atom is -0.307 e. The molecular weight excluding hydrogens is 276 g/mol. The highest BCUT2D eigenvalue weighted by atomic mass is 79.9. The second kappa shape index (κ2) is 6.11. The van der Waals surface area contributed by atoms with E-state index in [1.165, 1.54) is 18.2 Å². The Balaban J connectivity index is 3.04. The highest BCUT2D eigenvalue weighted by molar-refractivity contribution is 9.10. The highest BCUT2D eigenvalue weighted by Gasteiger charge is 2.17. The average molecular weight is 290 g/mol. The summed E-state index contributed by atoms with van der Waals surface area (Å²) in [6.07, 6.45) is 2.40. The van der Waals surface area contributed by atoms with E-state index in [1.807, 2.05) is 6.92 Å². The first-order valence-corrected chi connectivity index (χ1v) is 5.89. The van der Waals surface area contributed by atoms with Gasteiger partial charge in [0.2, 0.25) is 0 Å². The summed E-state index contributed by atoms with van der Waals surface area (Å²) in [4.78, 5) is 0. The van der Waals surface area contributed by atoms with Gasteiger partial charge in [-0.3, -0.25) is 0 Å². The molecule has 0 fully saturated rings. The molecule has 0 aliphatic heterocycles. The van der Waals surface area contributed by atoms with Crippen LogP contribution in [-0.4, -0.2) is 6.54 Å². The Morgan fingerprint density at radius 2 is 2.00 bits per heavy atom. The summed E-state index contributed by atoms with van der Waals surface area (Å²) in [5, 5.41) is 3.02. The maximum absolute atomic E-state index is 13.6. The van der Waals surface area contributed by atoms with E-state index in [2.05, 4.69) is 27.8 Å². The predicted octanol–water partition coefficient (Wildman–Crippen LogP) is 3.95. The summed E-state index contributed by atoms with van der Waals surface area (Å²) in [6.45, 7) is 6.26. The van der Waals surface area contributed by atoms with Gasteiger partial charge in [0.05, 0.1) is 6.04 Å². The van der Waals surface area contributed by atoms with Gasteiger partial charge in [-0.1, -0.05) is 28.9 Å². The Labute approximate surface area is 103 Å². The van der Waals surface area contributed by atoms with Crippen molar-refractivity contribution in [1.82, 2.24) is 5.32 Å². The minimum atomic E-state index is -0.569. The molecule has 0 aliphatic carbocycles. The summed E-state index contributed by atoms with van der Waals surface area (Å²) >= 11 is 3.04. The summed E-state index contributed by atoms with van der Waals surface area (Å²) in [5.41, 5.74) is 0.0200. The molecule has 1 N–H and O–H groups in total. The van der Waals surface area contributed by atoms with Crippen molar-refractivity contribution in [2.75, 3.05) is 6.54 Å². The number of rotatable bonds is 5. The van der Waals surface area contributed by atoms with Crippen LogP contribution in [0.2, 0.25) is 0 Å². The molecule has 0 aliphatic rings. The van der Waals surface area contributed by atoms with Crippen LogP contribution in [0.25, 0.3) is 0 Å². The van der Waals surface area contributed by atoms with Gasteiger partial charge < -0.3 is 5.32 Å². The predicted molar refractivity (Wildman–Crippen MR) is 65.3 cm³/mol. The normalized spacial score (nSPS) is 12.5. The highest BCUT2D eigenvalue weighted by Crippen LogP contribution is 2.25. The van der Waals surface area contributed by atoms with Crippen LogP contribution in [0.4, 0.5) is 8.78 Å². The Bertz CT molecular complexity index is 356. The van der Waals surface area contributed by atoms with E-state index in [0.717, 1.165) is 6.42 Å². The third kappa shape index (κ3) is 3.12. The van der Waals surface area contributed by atoms with Gasteiger partial charge in [0, 0.05) is 10.0 Å². The maximum atomic E-state index is 13.6. The van der Waals surface area contributed by atoms with E-state index < -0.39 is 17.7 Å². The Kier molecular flexibility index (Phi) is 5.09. The zero-order chi connectivity index (χ0) is 12.1. The minimum absolute atomic E-state index is 0.0200. The van der Waals surface area contributed by atoms with E-state index in [-0.39, 0.29) is 5.56 Å². The molecular formula is C12H14BrF2N. The quantitative estimate of drug-likeness (QED) is 0.810. The molecule has 4 heteroatoms. The van der Waals surface area contributed by atoms with Gasteiger partial charge in [-0.05, 0) is 25.1 Å². The van der Waals surface area contributed by atoms with Crippen LogP contribution >= 0.6 is 15.9 Å². The van der Waals surface area contributed by atoms with Gasteiger partial charge in [-0.2, -0.15) is 0 Å². The van der Waals surface area contributed by atoms with Crippen molar-refractivity contribution in [3.05, 3.63) is 46.5 Å². The Morgan fingerprint density at radius 1 is 1.44 bits per heavy atom. The molecule has 88 valence electrons. The van der Waals surface area contributed by atoms with Crippen LogP contribution in [0.15, 0.2) is 29.3 Å². The summed E-state index contributed by atoms with van der Waals surface area (Å²) in [7, 11) is 0. The van der Waals surface area contributed by atoms with Gasteiger partial charge in [-0.15, -0.1) is 6.58 Å².